The molecule has 0 radical (unpaired) electrons. The van der Waals surface area contributed by atoms with E-state index in [2.05, 4.69) is 10.1 Å². The van der Waals surface area contributed by atoms with Gasteiger partial charge in [-0.3, -0.25) is 9.48 Å². The van der Waals surface area contributed by atoms with Crippen LogP contribution in [0.15, 0.2) is 40.3 Å². The molecule has 1 N–H and O–H groups in total. The highest BCUT2D eigenvalue weighted by atomic mass is 32.2. The van der Waals surface area contributed by atoms with Crippen LogP contribution < -0.4 is 10.6 Å². The highest BCUT2D eigenvalue weighted by Crippen LogP contribution is 2.13. The third kappa shape index (κ3) is 3.19. The van der Waals surface area contributed by atoms with E-state index in [4.69, 9.17) is 0 Å². The summed E-state index contributed by atoms with van der Waals surface area (Å²) in [5, 5.41) is 1.74. The first-order valence-corrected chi connectivity index (χ1v) is 7.64. The number of hydrogen-bond donors (Lipinski definition) is 1. The number of aromatic amines is 1. The van der Waals surface area contributed by atoms with E-state index >= 15 is 0 Å². The van der Waals surface area contributed by atoms with Crippen molar-refractivity contribution in [3.05, 3.63) is 40.8 Å². The van der Waals surface area contributed by atoms with Crippen LogP contribution in [-0.4, -0.2) is 41.9 Å². The Morgan fingerprint density at radius 3 is 2.48 bits per heavy atom. The molecule has 21 heavy (non-hydrogen) atoms. The average Bonchev–Trinajstić information content (AvgIpc) is 2.78. The lowest BCUT2D eigenvalue weighted by Crippen LogP contribution is -2.33. The van der Waals surface area contributed by atoms with Gasteiger partial charge in [-0.1, -0.05) is 18.2 Å². The normalized spacial score (nSPS) is 11.3. The lowest BCUT2D eigenvalue weighted by Gasteiger charge is -2.16. The van der Waals surface area contributed by atoms with E-state index in [1.807, 2.05) is 0 Å². The number of para-hydroxylation sites is 1. The molecule has 2 aromatic rings. The van der Waals surface area contributed by atoms with Crippen molar-refractivity contribution >= 4 is 21.4 Å². The van der Waals surface area contributed by atoms with Crippen molar-refractivity contribution in [1.82, 2.24) is 14.8 Å². The molecule has 0 aliphatic carbocycles. The van der Waals surface area contributed by atoms with Crippen LogP contribution in [0.4, 0.5) is 5.69 Å². The molecule has 0 atom stereocenters. The van der Waals surface area contributed by atoms with Crippen molar-refractivity contribution in [3.8, 4) is 0 Å². The first-order valence-electron chi connectivity index (χ1n) is 5.98. The second-order valence-corrected chi connectivity index (χ2v) is 6.30. The van der Waals surface area contributed by atoms with Gasteiger partial charge in [-0.15, -0.1) is 0 Å². The summed E-state index contributed by atoms with van der Waals surface area (Å²) < 4.78 is 25.2. The van der Waals surface area contributed by atoms with Gasteiger partial charge in [0.25, 0.3) is 0 Å². The van der Waals surface area contributed by atoms with Gasteiger partial charge in [-0.25, -0.2) is 18.3 Å². The Morgan fingerprint density at radius 1 is 1.33 bits per heavy atom. The number of nitrogens with zero attached hydrogens (tertiary/aromatic N) is 3. The van der Waals surface area contributed by atoms with Crippen molar-refractivity contribution in [2.45, 2.75) is 5.16 Å². The van der Waals surface area contributed by atoms with Crippen LogP contribution in [0.2, 0.25) is 0 Å². The van der Waals surface area contributed by atoms with E-state index in [0.717, 1.165) is 4.68 Å². The van der Waals surface area contributed by atoms with Gasteiger partial charge in [0.1, 0.15) is 5.75 Å². The van der Waals surface area contributed by atoms with Crippen molar-refractivity contribution in [2.75, 3.05) is 17.7 Å². The van der Waals surface area contributed by atoms with Crippen LogP contribution >= 0.6 is 0 Å². The maximum atomic E-state index is 12.1. The summed E-state index contributed by atoms with van der Waals surface area (Å²) >= 11 is 0. The van der Waals surface area contributed by atoms with Gasteiger partial charge in [0, 0.05) is 19.8 Å². The molecule has 0 bridgehead atoms. The zero-order chi connectivity index (χ0) is 15.6. The number of carbonyl (C=O) groups excluding carboxylic acids is 1. The standard InChI is InChI=1S/C12H14N4O4S/c1-15(9-6-4-3-5-7-9)10(17)8-21(19,20)12-13-11(18)14-16(12)2/h3-7H,8H2,1-2H3,(H,14,18). The Kier molecular flexibility index (Phi) is 3.94. The largest absolute Gasteiger partial charge is 0.362 e. The fraction of sp³-hybridized carbons (Fsp3) is 0.250. The summed E-state index contributed by atoms with van der Waals surface area (Å²) in [5.41, 5.74) is -0.200. The minimum atomic E-state index is -3.99. The molecule has 8 nitrogen and oxygen atoms in total. The van der Waals surface area contributed by atoms with Crippen LogP contribution in [0.3, 0.4) is 0 Å². The summed E-state index contributed by atoms with van der Waals surface area (Å²) in [6.07, 6.45) is 0. The third-order valence-electron chi connectivity index (χ3n) is 2.86. The van der Waals surface area contributed by atoms with E-state index in [0.29, 0.717) is 5.69 Å². The average molecular weight is 310 g/mol. The molecule has 0 unspecified atom stereocenters. The predicted octanol–water partition coefficient (Wildman–Crippen LogP) is -0.455. The number of hydrogen-bond acceptors (Lipinski definition) is 5. The second kappa shape index (κ2) is 5.52. The highest BCUT2D eigenvalue weighted by Gasteiger charge is 2.27. The van der Waals surface area contributed by atoms with Gasteiger partial charge >= 0.3 is 5.69 Å². The number of amides is 1. The summed E-state index contributed by atoms with van der Waals surface area (Å²) in [6, 6.07) is 8.65. The fourth-order valence-corrected chi connectivity index (χ4v) is 3.11. The number of benzene rings is 1. The molecule has 0 aliphatic heterocycles. The smallest absolute Gasteiger partial charge is 0.315 e. The Labute approximate surface area is 120 Å². The summed E-state index contributed by atoms with van der Waals surface area (Å²) in [7, 11) is -1.17. The molecule has 1 aromatic carbocycles. The van der Waals surface area contributed by atoms with Crippen molar-refractivity contribution in [2.24, 2.45) is 7.05 Å². The lowest BCUT2D eigenvalue weighted by atomic mass is 10.3. The van der Waals surface area contributed by atoms with Gasteiger partial charge < -0.3 is 4.90 Å². The van der Waals surface area contributed by atoms with Crippen molar-refractivity contribution < 1.29 is 13.2 Å². The first-order chi connectivity index (χ1) is 9.81. The topological polar surface area (TPSA) is 105 Å². The van der Waals surface area contributed by atoms with Gasteiger partial charge in [0.15, 0.2) is 0 Å². The Hall–Kier alpha value is -2.42. The van der Waals surface area contributed by atoms with Crippen molar-refractivity contribution in [1.29, 1.82) is 0 Å². The van der Waals surface area contributed by atoms with Gasteiger partial charge in [-0.2, -0.15) is 4.98 Å². The summed E-state index contributed by atoms with van der Waals surface area (Å²) in [5.74, 6) is -1.38. The number of aryl methyl sites for hydroxylation is 1. The van der Waals surface area contributed by atoms with E-state index in [1.54, 1.807) is 30.3 Å². The molecule has 1 heterocycles. The molecule has 1 aromatic heterocycles. The molecule has 112 valence electrons. The number of rotatable bonds is 4. The van der Waals surface area contributed by atoms with Crippen LogP contribution in [-0.2, 0) is 21.7 Å². The van der Waals surface area contributed by atoms with Crippen LogP contribution in [0.25, 0.3) is 0 Å². The van der Waals surface area contributed by atoms with Crippen molar-refractivity contribution in [3.63, 3.8) is 0 Å². The SMILES string of the molecule is CN(C(=O)CS(=O)(=O)c1nc(=O)[nH]n1C)c1ccccc1. The predicted molar refractivity (Wildman–Crippen MR) is 75.7 cm³/mol. The first kappa shape index (κ1) is 15.0. The summed E-state index contributed by atoms with van der Waals surface area (Å²) in [6.45, 7) is 0. The van der Waals surface area contributed by atoms with Gasteiger partial charge in [0.2, 0.25) is 20.9 Å². The second-order valence-electron chi connectivity index (χ2n) is 4.42. The maximum absolute atomic E-state index is 12.1. The number of aromatic nitrogens is 3. The van der Waals surface area contributed by atoms with Crippen LogP contribution in [0.5, 0.6) is 0 Å². The zero-order valence-corrected chi connectivity index (χ0v) is 12.3. The Bertz CT molecular complexity index is 807. The zero-order valence-electron chi connectivity index (χ0n) is 11.5. The van der Waals surface area contributed by atoms with Crippen LogP contribution in [0, 0.1) is 0 Å². The molecule has 0 saturated carbocycles. The Balaban J connectivity index is 2.23. The Morgan fingerprint density at radius 2 is 1.95 bits per heavy atom. The maximum Gasteiger partial charge on any atom is 0.362 e. The highest BCUT2D eigenvalue weighted by molar-refractivity contribution is 7.92. The lowest BCUT2D eigenvalue weighted by molar-refractivity contribution is -0.115. The monoisotopic (exact) mass is 310 g/mol. The number of H-pyrrole nitrogens is 1. The van der Waals surface area contributed by atoms with E-state index in [9.17, 15) is 18.0 Å². The molecular formula is C12H14N4O4S. The minimum absolute atomic E-state index is 0.456. The molecule has 0 spiro atoms. The van der Waals surface area contributed by atoms with Gasteiger partial charge in [-0.05, 0) is 12.1 Å². The van der Waals surface area contributed by atoms with E-state index in [-0.39, 0.29) is 0 Å². The quantitative estimate of drug-likeness (QED) is 0.823. The molecule has 0 fully saturated rings. The summed E-state index contributed by atoms with van der Waals surface area (Å²) in [4.78, 5) is 27.7. The third-order valence-corrected chi connectivity index (χ3v) is 4.41. The molecule has 9 heteroatoms. The molecule has 0 aliphatic rings. The van der Waals surface area contributed by atoms with Gasteiger partial charge in [0.05, 0.1) is 0 Å². The number of sulfone groups is 1. The number of carbonyl (C=O) groups is 1. The van der Waals surface area contributed by atoms with Crippen LogP contribution in [0.1, 0.15) is 0 Å². The molecule has 1 amide bonds. The molecule has 2 rings (SSSR count). The fourth-order valence-electron chi connectivity index (χ4n) is 1.78. The number of nitrogens with one attached hydrogen (secondary N) is 1. The van der Waals surface area contributed by atoms with E-state index in [1.165, 1.54) is 19.0 Å². The van der Waals surface area contributed by atoms with E-state index < -0.39 is 32.3 Å². The molecule has 0 saturated heterocycles. The molecular weight excluding hydrogens is 296 g/mol. The minimum Gasteiger partial charge on any atom is -0.315 e. The number of anilines is 1.